The number of nitrogens with zero attached hydrogens (tertiary/aromatic N) is 5. The number of thiophene rings is 1. The van der Waals surface area contributed by atoms with Gasteiger partial charge in [0.25, 0.3) is 0 Å². The smallest absolute Gasteiger partial charge is 0.416 e. The van der Waals surface area contributed by atoms with Gasteiger partial charge in [-0.25, -0.2) is 24.9 Å². The van der Waals surface area contributed by atoms with Gasteiger partial charge < -0.3 is 4.42 Å². The molecule has 0 aliphatic carbocycles. The molecular formula is C44H24F3N5OS. The van der Waals surface area contributed by atoms with Crippen LogP contribution in [0.5, 0.6) is 0 Å². The van der Waals surface area contributed by atoms with E-state index in [4.69, 9.17) is 29.3 Å². The SMILES string of the molecule is FC(F)(F)c1ccc(-c2nc(-c3ccc4c(c3)oc3cccc(-c5nc(-c6ccccc6)nc(-c6ccccc6)n5)c34)nc3c2sc2ccccc23)cc1. The van der Waals surface area contributed by atoms with Crippen molar-refractivity contribution in [1.82, 2.24) is 24.9 Å². The summed E-state index contributed by atoms with van der Waals surface area (Å²) in [6.07, 6.45) is -4.44. The topological polar surface area (TPSA) is 77.6 Å². The third-order valence-corrected chi connectivity index (χ3v) is 10.6. The molecule has 258 valence electrons. The Balaban J connectivity index is 1.14. The zero-order valence-electron chi connectivity index (χ0n) is 28.0. The average molecular weight is 728 g/mol. The number of furan rings is 1. The highest BCUT2D eigenvalue weighted by Crippen LogP contribution is 2.42. The molecule has 54 heavy (non-hydrogen) atoms. The third kappa shape index (κ3) is 5.46. The van der Waals surface area contributed by atoms with Crippen LogP contribution in [0.25, 0.3) is 99.1 Å². The summed E-state index contributed by atoms with van der Waals surface area (Å²) in [6.45, 7) is 0. The maximum atomic E-state index is 13.5. The largest absolute Gasteiger partial charge is 0.456 e. The average Bonchev–Trinajstić information content (AvgIpc) is 3.79. The summed E-state index contributed by atoms with van der Waals surface area (Å²) < 4.78 is 48.7. The van der Waals surface area contributed by atoms with Gasteiger partial charge in [-0.2, -0.15) is 13.2 Å². The third-order valence-electron chi connectivity index (χ3n) is 9.40. The van der Waals surface area contributed by atoms with Gasteiger partial charge in [-0.3, -0.25) is 0 Å². The van der Waals surface area contributed by atoms with Crippen LogP contribution in [0.2, 0.25) is 0 Å². The van der Waals surface area contributed by atoms with Crippen molar-refractivity contribution in [3.63, 3.8) is 0 Å². The number of halogens is 3. The van der Waals surface area contributed by atoms with Gasteiger partial charge in [-0.1, -0.05) is 109 Å². The van der Waals surface area contributed by atoms with Gasteiger partial charge in [-0.05, 0) is 36.4 Å². The highest BCUT2D eigenvalue weighted by Gasteiger charge is 2.30. The van der Waals surface area contributed by atoms with Gasteiger partial charge >= 0.3 is 6.18 Å². The molecule has 0 spiro atoms. The molecular weight excluding hydrogens is 704 g/mol. The molecule has 0 aliphatic heterocycles. The first-order valence-corrected chi connectivity index (χ1v) is 17.9. The first-order chi connectivity index (χ1) is 26.4. The summed E-state index contributed by atoms with van der Waals surface area (Å²) >= 11 is 1.52. The van der Waals surface area contributed by atoms with Crippen molar-refractivity contribution >= 4 is 53.6 Å². The molecule has 10 aromatic rings. The molecule has 0 aliphatic rings. The first-order valence-electron chi connectivity index (χ1n) is 17.1. The van der Waals surface area contributed by atoms with E-state index in [9.17, 15) is 13.2 Å². The van der Waals surface area contributed by atoms with Crippen LogP contribution >= 0.6 is 11.3 Å². The van der Waals surface area contributed by atoms with Gasteiger partial charge in [0, 0.05) is 48.7 Å². The zero-order chi connectivity index (χ0) is 36.4. The highest BCUT2D eigenvalue weighted by atomic mass is 32.1. The van der Waals surface area contributed by atoms with Crippen molar-refractivity contribution < 1.29 is 17.6 Å². The molecule has 6 nitrogen and oxygen atoms in total. The van der Waals surface area contributed by atoms with E-state index in [-0.39, 0.29) is 0 Å². The van der Waals surface area contributed by atoms with Crippen molar-refractivity contribution in [3.05, 3.63) is 151 Å². The minimum absolute atomic E-state index is 0.431. The second-order valence-corrected chi connectivity index (χ2v) is 13.8. The number of alkyl halides is 3. The second kappa shape index (κ2) is 12.4. The number of fused-ring (bicyclic) bond motifs is 6. The minimum Gasteiger partial charge on any atom is -0.456 e. The fraction of sp³-hybridized carbons (Fsp3) is 0.0227. The summed E-state index contributed by atoms with van der Waals surface area (Å²) in [4.78, 5) is 24.8. The summed E-state index contributed by atoms with van der Waals surface area (Å²) in [5, 5.41) is 2.66. The van der Waals surface area contributed by atoms with Crippen LogP contribution in [-0.4, -0.2) is 24.9 Å². The summed E-state index contributed by atoms with van der Waals surface area (Å²) in [5.41, 5.74) is 5.67. The lowest BCUT2D eigenvalue weighted by Crippen LogP contribution is -2.04. The van der Waals surface area contributed by atoms with Crippen molar-refractivity contribution in [2.45, 2.75) is 6.18 Å². The highest BCUT2D eigenvalue weighted by molar-refractivity contribution is 7.26. The second-order valence-electron chi connectivity index (χ2n) is 12.8. The van der Waals surface area contributed by atoms with Crippen LogP contribution in [0, 0.1) is 0 Å². The van der Waals surface area contributed by atoms with Crippen molar-refractivity contribution in [3.8, 4) is 56.8 Å². The molecule has 0 saturated carbocycles. The van der Waals surface area contributed by atoms with Crippen LogP contribution in [0.4, 0.5) is 13.2 Å². The fourth-order valence-corrected chi connectivity index (χ4v) is 7.97. The van der Waals surface area contributed by atoms with E-state index in [0.717, 1.165) is 59.9 Å². The van der Waals surface area contributed by atoms with E-state index >= 15 is 0 Å². The molecule has 10 rings (SSSR count). The van der Waals surface area contributed by atoms with Gasteiger partial charge in [0.05, 0.1) is 21.5 Å². The van der Waals surface area contributed by atoms with E-state index < -0.39 is 11.7 Å². The first kappa shape index (κ1) is 31.9. The molecule has 0 fully saturated rings. The molecule has 4 heterocycles. The monoisotopic (exact) mass is 727 g/mol. The Morgan fingerprint density at radius 3 is 1.81 bits per heavy atom. The van der Waals surface area contributed by atoms with Crippen LogP contribution in [0.15, 0.2) is 150 Å². The van der Waals surface area contributed by atoms with Crippen LogP contribution in [0.1, 0.15) is 5.56 Å². The summed E-state index contributed by atoms with van der Waals surface area (Å²) in [7, 11) is 0. The predicted octanol–water partition coefficient (Wildman–Crippen LogP) is 12.3. The van der Waals surface area contributed by atoms with Crippen LogP contribution in [0.3, 0.4) is 0 Å². The van der Waals surface area contributed by atoms with Crippen LogP contribution in [-0.2, 0) is 6.18 Å². The molecule has 0 N–H and O–H groups in total. The number of aromatic nitrogens is 5. The van der Waals surface area contributed by atoms with E-state index in [1.807, 2.05) is 121 Å². The Bertz CT molecular complexity index is 2980. The molecule has 6 aromatic carbocycles. The lowest BCUT2D eigenvalue weighted by molar-refractivity contribution is -0.137. The molecule has 4 aromatic heterocycles. The molecule has 0 radical (unpaired) electrons. The van der Waals surface area contributed by atoms with Crippen LogP contribution < -0.4 is 0 Å². The Morgan fingerprint density at radius 1 is 0.481 bits per heavy atom. The maximum Gasteiger partial charge on any atom is 0.416 e. The van der Waals surface area contributed by atoms with Gasteiger partial charge in [0.2, 0.25) is 0 Å². The van der Waals surface area contributed by atoms with Crippen molar-refractivity contribution in [2.24, 2.45) is 0 Å². The Labute approximate surface area is 309 Å². The number of benzene rings is 6. The summed E-state index contributed by atoms with van der Waals surface area (Å²) in [6, 6.07) is 44.3. The van der Waals surface area contributed by atoms with Gasteiger partial charge in [-0.15, -0.1) is 11.3 Å². The quantitative estimate of drug-likeness (QED) is 0.176. The minimum atomic E-state index is -4.44. The molecule has 10 heteroatoms. The number of hydrogen-bond donors (Lipinski definition) is 0. The number of rotatable bonds is 5. The molecule has 0 unspecified atom stereocenters. The molecule has 0 bridgehead atoms. The van der Waals surface area contributed by atoms with Crippen molar-refractivity contribution in [1.29, 1.82) is 0 Å². The lowest BCUT2D eigenvalue weighted by Gasteiger charge is -2.10. The van der Waals surface area contributed by atoms with Crippen molar-refractivity contribution in [2.75, 3.05) is 0 Å². The zero-order valence-corrected chi connectivity index (χ0v) is 28.9. The van der Waals surface area contributed by atoms with E-state index in [1.54, 1.807) is 0 Å². The Morgan fingerprint density at radius 2 is 1.11 bits per heavy atom. The standard InChI is InChI=1S/C44H24F3N5OS/c45-44(46,47)29-21-18-25(19-22-29)37-39-38(31-14-7-8-17-35(31)54-39)49-42(48-37)28-20-23-30-34(24-28)53-33-16-9-15-32(36(30)33)43-51-40(26-10-3-1-4-11-26)50-41(52-43)27-12-5-2-6-13-27/h1-24H. The predicted molar refractivity (Wildman–Crippen MR) is 208 cm³/mol. The van der Waals surface area contributed by atoms with E-state index in [1.165, 1.54) is 23.5 Å². The Hall–Kier alpha value is -6.78. The van der Waals surface area contributed by atoms with Gasteiger partial charge in [0.15, 0.2) is 23.3 Å². The molecule has 0 atom stereocenters. The normalized spacial score (nSPS) is 12.0. The molecule has 0 saturated heterocycles. The summed E-state index contributed by atoms with van der Waals surface area (Å²) in [5.74, 6) is 2.06. The van der Waals surface area contributed by atoms with E-state index in [2.05, 4.69) is 0 Å². The van der Waals surface area contributed by atoms with Gasteiger partial charge in [0.1, 0.15) is 11.2 Å². The van der Waals surface area contributed by atoms with E-state index in [0.29, 0.717) is 51.3 Å². The Kier molecular flexibility index (Phi) is 7.34. The number of hydrogen-bond acceptors (Lipinski definition) is 7. The maximum absolute atomic E-state index is 13.5. The molecule has 0 amide bonds. The fourth-order valence-electron chi connectivity index (χ4n) is 6.81. The lowest BCUT2D eigenvalue weighted by atomic mass is 10.0.